The van der Waals surface area contributed by atoms with E-state index in [0.29, 0.717) is 23.8 Å². The fraction of sp³-hybridized carbons (Fsp3) is 0.640. The summed E-state index contributed by atoms with van der Waals surface area (Å²) in [5.74, 6) is -0.546. The summed E-state index contributed by atoms with van der Waals surface area (Å²) in [6.45, 7) is 5.27. The summed E-state index contributed by atoms with van der Waals surface area (Å²) in [5.41, 5.74) is 4.04. The van der Waals surface area contributed by atoms with E-state index < -0.39 is 46.6 Å². The van der Waals surface area contributed by atoms with Crippen molar-refractivity contribution in [1.82, 2.24) is 10.6 Å². The van der Waals surface area contributed by atoms with E-state index in [1.165, 1.54) is 0 Å². The van der Waals surface area contributed by atoms with E-state index in [1.807, 2.05) is 6.07 Å². The molecular formula is C25H35N3O5. The number of aliphatic hydroxyl groups is 1. The van der Waals surface area contributed by atoms with Crippen LogP contribution in [0.15, 0.2) is 30.3 Å². The average molecular weight is 458 g/mol. The number of ether oxygens (including phenoxy) is 1. The minimum atomic E-state index is -1.03. The van der Waals surface area contributed by atoms with Gasteiger partial charge in [0.15, 0.2) is 0 Å². The van der Waals surface area contributed by atoms with Crippen LogP contribution in [0.2, 0.25) is 0 Å². The number of primary amides is 1. The first-order chi connectivity index (χ1) is 15.4. The highest BCUT2D eigenvalue weighted by Gasteiger charge is 2.61. The first-order valence-electron chi connectivity index (χ1n) is 11.7. The molecule has 0 radical (unpaired) electrons. The largest absolute Gasteiger partial charge is 0.444 e. The van der Waals surface area contributed by atoms with Gasteiger partial charge in [0.2, 0.25) is 11.8 Å². The summed E-state index contributed by atoms with van der Waals surface area (Å²) in [5, 5.41) is 16.8. The Bertz CT molecular complexity index is 912. The van der Waals surface area contributed by atoms with Crippen LogP contribution in [0.3, 0.4) is 0 Å². The Hall–Kier alpha value is -2.61. The van der Waals surface area contributed by atoms with Crippen molar-refractivity contribution in [3.05, 3.63) is 35.9 Å². The fourth-order valence-electron chi connectivity index (χ4n) is 6.73. The number of nitrogens with two attached hydrogens (primary N) is 1. The van der Waals surface area contributed by atoms with E-state index in [0.717, 1.165) is 32.1 Å². The minimum Gasteiger partial charge on any atom is -0.444 e. The summed E-state index contributed by atoms with van der Waals surface area (Å²) in [6, 6.07) is 6.81. The number of carbonyl (C=O) groups is 3. The molecule has 0 aromatic heterocycles. The monoisotopic (exact) mass is 457 g/mol. The summed E-state index contributed by atoms with van der Waals surface area (Å²) in [7, 11) is 0. The molecule has 1 aromatic carbocycles. The molecule has 4 aliphatic rings. The third-order valence-electron chi connectivity index (χ3n) is 7.32. The standard InChI is InChI=1S/C25H35N3O5/c1-23(2,3)33-22(31)28-19(21(30)27-18(20(26)29)17-7-5-4-6-8-17)24-10-15-9-16(11-24)13-25(32,12-15)14-24/h4-8,15-16,18-19,32H,9-14H2,1-3H3,(H2,26,29)(H,27,30)(H,28,31)/t15?,16?,18-,19+,24?,25?/m0/s1. The van der Waals surface area contributed by atoms with Crippen molar-refractivity contribution in [2.45, 2.75) is 82.6 Å². The number of hydrogen-bond donors (Lipinski definition) is 4. The Labute approximate surface area is 194 Å². The van der Waals surface area contributed by atoms with Gasteiger partial charge in [-0.3, -0.25) is 9.59 Å². The van der Waals surface area contributed by atoms with Gasteiger partial charge in [-0.25, -0.2) is 4.79 Å². The van der Waals surface area contributed by atoms with E-state index in [4.69, 9.17) is 10.5 Å². The third-order valence-corrected chi connectivity index (χ3v) is 7.32. The Morgan fingerprint density at radius 3 is 2.18 bits per heavy atom. The highest BCUT2D eigenvalue weighted by Crippen LogP contribution is 2.62. The van der Waals surface area contributed by atoms with Crippen LogP contribution in [0.1, 0.15) is 70.9 Å². The molecule has 4 fully saturated rings. The molecule has 5 rings (SSSR count). The SMILES string of the molecule is CC(C)(C)OC(=O)N[C@H](C(=O)N[C@H](C(N)=O)c1ccccc1)C12CC3CC(CC(O)(C3)C1)C2. The molecule has 4 saturated carbocycles. The highest BCUT2D eigenvalue weighted by atomic mass is 16.6. The van der Waals surface area contributed by atoms with Gasteiger partial charge in [0.1, 0.15) is 17.7 Å². The molecule has 0 saturated heterocycles. The van der Waals surface area contributed by atoms with Crippen molar-refractivity contribution in [2.75, 3.05) is 0 Å². The molecule has 8 nitrogen and oxygen atoms in total. The summed E-state index contributed by atoms with van der Waals surface area (Å²) in [4.78, 5) is 38.7. The topological polar surface area (TPSA) is 131 Å². The lowest BCUT2D eigenvalue weighted by molar-refractivity contribution is -0.177. The molecule has 8 heteroatoms. The molecule has 2 unspecified atom stereocenters. The molecule has 5 N–H and O–H groups in total. The van der Waals surface area contributed by atoms with Crippen LogP contribution in [0.5, 0.6) is 0 Å². The average Bonchev–Trinajstić information content (AvgIpc) is 2.67. The van der Waals surface area contributed by atoms with Gasteiger partial charge in [-0.1, -0.05) is 30.3 Å². The van der Waals surface area contributed by atoms with E-state index in [-0.39, 0.29) is 0 Å². The summed E-state index contributed by atoms with van der Waals surface area (Å²) < 4.78 is 5.46. The van der Waals surface area contributed by atoms with Crippen LogP contribution < -0.4 is 16.4 Å². The maximum atomic E-state index is 13.7. The van der Waals surface area contributed by atoms with Crippen molar-refractivity contribution in [3.63, 3.8) is 0 Å². The second-order valence-electron chi connectivity index (χ2n) is 11.4. The van der Waals surface area contributed by atoms with Crippen molar-refractivity contribution in [3.8, 4) is 0 Å². The van der Waals surface area contributed by atoms with Gasteiger partial charge in [-0.2, -0.15) is 0 Å². The molecule has 4 bridgehead atoms. The molecule has 1 aromatic rings. The number of hydrogen-bond acceptors (Lipinski definition) is 5. The Morgan fingerprint density at radius 2 is 1.67 bits per heavy atom. The van der Waals surface area contributed by atoms with E-state index in [9.17, 15) is 19.5 Å². The van der Waals surface area contributed by atoms with E-state index >= 15 is 0 Å². The maximum absolute atomic E-state index is 13.7. The smallest absolute Gasteiger partial charge is 0.408 e. The molecule has 0 heterocycles. The van der Waals surface area contributed by atoms with Gasteiger partial charge in [0.25, 0.3) is 0 Å². The Kier molecular flexibility index (Phi) is 5.93. The quantitative estimate of drug-likeness (QED) is 0.521. The lowest BCUT2D eigenvalue weighted by Gasteiger charge is -2.61. The van der Waals surface area contributed by atoms with Gasteiger partial charge in [-0.15, -0.1) is 0 Å². The number of rotatable bonds is 6. The van der Waals surface area contributed by atoms with Gasteiger partial charge >= 0.3 is 6.09 Å². The van der Waals surface area contributed by atoms with E-state index in [2.05, 4.69) is 10.6 Å². The molecule has 3 amide bonds. The number of amides is 3. The highest BCUT2D eigenvalue weighted by molar-refractivity contribution is 5.92. The van der Waals surface area contributed by atoms with Crippen LogP contribution in [0, 0.1) is 17.3 Å². The second kappa shape index (κ2) is 8.31. The van der Waals surface area contributed by atoms with Crippen LogP contribution in [0.25, 0.3) is 0 Å². The van der Waals surface area contributed by atoms with Crippen LogP contribution in [-0.2, 0) is 14.3 Å². The van der Waals surface area contributed by atoms with Crippen molar-refractivity contribution in [2.24, 2.45) is 23.0 Å². The second-order valence-corrected chi connectivity index (χ2v) is 11.4. The first kappa shape index (κ1) is 23.5. The zero-order chi connectivity index (χ0) is 24.0. The molecule has 4 aliphatic carbocycles. The zero-order valence-electron chi connectivity index (χ0n) is 19.6. The summed E-state index contributed by atoms with van der Waals surface area (Å²) in [6.07, 6.45) is 3.74. The predicted molar refractivity (Wildman–Crippen MR) is 122 cm³/mol. The zero-order valence-corrected chi connectivity index (χ0v) is 19.6. The maximum Gasteiger partial charge on any atom is 0.408 e. The van der Waals surface area contributed by atoms with Gasteiger partial charge in [0.05, 0.1) is 5.60 Å². The number of carbonyl (C=O) groups excluding carboxylic acids is 3. The van der Waals surface area contributed by atoms with Crippen molar-refractivity contribution < 1.29 is 24.2 Å². The Morgan fingerprint density at radius 1 is 1.06 bits per heavy atom. The van der Waals surface area contributed by atoms with Crippen molar-refractivity contribution >= 4 is 17.9 Å². The van der Waals surface area contributed by atoms with Crippen LogP contribution >= 0.6 is 0 Å². The van der Waals surface area contributed by atoms with Gasteiger partial charge < -0.3 is 26.2 Å². The van der Waals surface area contributed by atoms with Gasteiger partial charge in [-0.05, 0) is 76.7 Å². The lowest BCUT2D eigenvalue weighted by Crippen LogP contribution is -2.66. The molecule has 4 atom stereocenters. The summed E-state index contributed by atoms with van der Waals surface area (Å²) >= 11 is 0. The molecular weight excluding hydrogens is 422 g/mol. The van der Waals surface area contributed by atoms with Crippen molar-refractivity contribution in [1.29, 1.82) is 0 Å². The minimum absolute atomic E-state index is 0.313. The van der Waals surface area contributed by atoms with E-state index in [1.54, 1.807) is 45.0 Å². The van der Waals surface area contributed by atoms with Crippen LogP contribution in [-0.4, -0.2) is 40.3 Å². The lowest BCUT2D eigenvalue weighted by atomic mass is 9.46. The third kappa shape index (κ3) is 5.00. The number of nitrogens with one attached hydrogen (secondary N) is 2. The van der Waals surface area contributed by atoms with Gasteiger partial charge in [0, 0.05) is 5.41 Å². The number of alkyl carbamates (subject to hydrolysis) is 1. The molecule has 180 valence electrons. The fourth-order valence-corrected chi connectivity index (χ4v) is 6.73. The predicted octanol–water partition coefficient (Wildman–Crippen LogP) is 2.55. The molecule has 0 aliphatic heterocycles. The van der Waals surface area contributed by atoms with Crippen LogP contribution in [0.4, 0.5) is 4.79 Å². The molecule has 0 spiro atoms. The first-order valence-corrected chi connectivity index (χ1v) is 11.7. The number of benzene rings is 1. The normalized spacial score (nSPS) is 32.0. The Balaban J connectivity index is 1.63. The molecule has 33 heavy (non-hydrogen) atoms.